The van der Waals surface area contributed by atoms with Gasteiger partial charge in [0, 0.05) is 18.8 Å². The molecule has 7 nitrogen and oxygen atoms in total. The lowest BCUT2D eigenvalue weighted by atomic mass is 10.1. The molecule has 0 saturated carbocycles. The third kappa shape index (κ3) is 3.67. The van der Waals surface area contributed by atoms with E-state index in [1.165, 1.54) is 25.3 Å². The van der Waals surface area contributed by atoms with Crippen LogP contribution in [0.3, 0.4) is 0 Å². The lowest BCUT2D eigenvalue weighted by Gasteiger charge is -2.07. The van der Waals surface area contributed by atoms with Crippen molar-refractivity contribution in [2.24, 2.45) is 0 Å². The molecule has 0 spiro atoms. The van der Waals surface area contributed by atoms with E-state index < -0.39 is 11.7 Å². The first kappa shape index (κ1) is 19.4. The molecule has 4 rings (SSSR count). The summed E-state index contributed by atoms with van der Waals surface area (Å²) < 4.78 is 25.4. The summed E-state index contributed by atoms with van der Waals surface area (Å²) in [6, 6.07) is 13.0. The summed E-state index contributed by atoms with van der Waals surface area (Å²) in [5, 5.41) is 6.63. The van der Waals surface area contributed by atoms with Crippen LogP contribution in [0.4, 0.5) is 10.3 Å². The monoisotopic (exact) mass is 407 g/mol. The number of nitrogens with one attached hydrogen (secondary N) is 1. The van der Waals surface area contributed by atoms with Gasteiger partial charge in [0.15, 0.2) is 0 Å². The number of hydrogen-bond donors (Lipinski definition) is 1. The minimum atomic E-state index is -0.849. The molecule has 0 bridgehead atoms. The van der Waals surface area contributed by atoms with Crippen molar-refractivity contribution in [2.45, 2.75) is 13.5 Å². The highest BCUT2D eigenvalue weighted by Crippen LogP contribution is 2.31. The largest absolute Gasteiger partial charge is 0.496 e. The van der Waals surface area contributed by atoms with Crippen LogP contribution in [0.25, 0.3) is 10.9 Å². The summed E-state index contributed by atoms with van der Waals surface area (Å²) in [6.45, 7) is 2.09. The Bertz CT molecular complexity index is 1240. The van der Waals surface area contributed by atoms with Gasteiger partial charge >= 0.3 is 0 Å². The zero-order chi connectivity index (χ0) is 21.3. The zero-order valence-corrected chi connectivity index (χ0v) is 16.3. The number of nitrogens with zero attached hydrogens (tertiary/aromatic N) is 2. The molecule has 2 aromatic carbocycles. The van der Waals surface area contributed by atoms with Crippen LogP contribution in [0.2, 0.25) is 0 Å². The maximum atomic E-state index is 13.2. The van der Waals surface area contributed by atoms with E-state index in [-0.39, 0.29) is 17.3 Å². The molecule has 2 heterocycles. The van der Waals surface area contributed by atoms with Gasteiger partial charge in [-0.05, 0) is 36.8 Å². The van der Waals surface area contributed by atoms with Gasteiger partial charge in [0.05, 0.1) is 29.3 Å². The van der Waals surface area contributed by atoms with Crippen molar-refractivity contribution >= 4 is 28.5 Å². The van der Waals surface area contributed by atoms with Gasteiger partial charge in [-0.2, -0.15) is 0 Å². The van der Waals surface area contributed by atoms with Crippen LogP contribution in [-0.2, 0) is 11.3 Å². The van der Waals surface area contributed by atoms with E-state index in [0.717, 1.165) is 5.56 Å². The highest BCUT2D eigenvalue weighted by atomic mass is 19.1. The van der Waals surface area contributed by atoms with E-state index in [4.69, 9.17) is 9.26 Å². The molecule has 0 unspecified atom stereocenters. The number of fused-ring (bicyclic) bond motifs is 1. The van der Waals surface area contributed by atoms with Gasteiger partial charge in [0.25, 0.3) is 11.7 Å². The van der Waals surface area contributed by atoms with Crippen molar-refractivity contribution in [3.8, 4) is 5.75 Å². The van der Waals surface area contributed by atoms with Crippen molar-refractivity contribution in [2.75, 3.05) is 12.4 Å². The number of benzene rings is 2. The summed E-state index contributed by atoms with van der Waals surface area (Å²) >= 11 is 0. The summed E-state index contributed by atoms with van der Waals surface area (Å²) in [7, 11) is 1.50. The van der Waals surface area contributed by atoms with Gasteiger partial charge in [0.2, 0.25) is 5.88 Å². The Kier molecular flexibility index (Phi) is 5.05. The van der Waals surface area contributed by atoms with Gasteiger partial charge in [0.1, 0.15) is 11.6 Å². The average Bonchev–Trinajstić information content (AvgIpc) is 3.32. The van der Waals surface area contributed by atoms with Gasteiger partial charge < -0.3 is 13.8 Å². The normalized spacial score (nSPS) is 10.9. The Hall–Kier alpha value is -3.94. The summed E-state index contributed by atoms with van der Waals surface area (Å²) in [5.41, 5.74) is 2.33. The minimum absolute atomic E-state index is 0.0906. The molecule has 0 aliphatic heterocycles. The van der Waals surface area contributed by atoms with E-state index in [0.29, 0.717) is 28.9 Å². The molecule has 0 fully saturated rings. The number of halogens is 1. The molecule has 0 radical (unpaired) electrons. The van der Waals surface area contributed by atoms with E-state index in [2.05, 4.69) is 10.5 Å². The highest BCUT2D eigenvalue weighted by Gasteiger charge is 2.25. The molecule has 1 N–H and O–H groups in total. The molecule has 4 aromatic rings. The Balaban J connectivity index is 1.73. The highest BCUT2D eigenvalue weighted by molar-refractivity contribution is 6.48. The molecular weight excluding hydrogens is 389 g/mol. The zero-order valence-electron chi connectivity index (χ0n) is 16.3. The Morgan fingerprint density at radius 2 is 1.97 bits per heavy atom. The lowest BCUT2D eigenvalue weighted by Crippen LogP contribution is -2.22. The smallest absolute Gasteiger partial charge is 0.299 e. The lowest BCUT2D eigenvalue weighted by molar-refractivity contribution is -0.112. The first-order valence-electron chi connectivity index (χ1n) is 9.15. The third-order valence-corrected chi connectivity index (χ3v) is 4.67. The minimum Gasteiger partial charge on any atom is -0.496 e. The Morgan fingerprint density at radius 3 is 2.63 bits per heavy atom. The number of aromatic nitrogens is 2. The molecule has 0 aliphatic rings. The quantitative estimate of drug-likeness (QED) is 0.386. The molecule has 8 heteroatoms. The first-order valence-corrected chi connectivity index (χ1v) is 9.15. The molecule has 0 aliphatic carbocycles. The third-order valence-electron chi connectivity index (χ3n) is 4.67. The van der Waals surface area contributed by atoms with Gasteiger partial charge in [-0.25, -0.2) is 4.39 Å². The molecule has 2 aromatic heterocycles. The fourth-order valence-electron chi connectivity index (χ4n) is 3.29. The number of ether oxygens (including phenoxy) is 1. The van der Waals surface area contributed by atoms with E-state index in [9.17, 15) is 14.0 Å². The van der Waals surface area contributed by atoms with E-state index >= 15 is 0 Å². The maximum Gasteiger partial charge on any atom is 0.299 e. The summed E-state index contributed by atoms with van der Waals surface area (Å²) in [6.07, 6.45) is 1.60. The van der Waals surface area contributed by atoms with Gasteiger partial charge in [-0.3, -0.25) is 14.9 Å². The molecule has 30 heavy (non-hydrogen) atoms. The first-order chi connectivity index (χ1) is 14.5. The van der Waals surface area contributed by atoms with Gasteiger partial charge in [-0.1, -0.05) is 23.4 Å². The fourth-order valence-corrected chi connectivity index (χ4v) is 3.29. The van der Waals surface area contributed by atoms with Crippen molar-refractivity contribution < 1.29 is 23.2 Å². The Morgan fingerprint density at radius 1 is 1.20 bits per heavy atom. The number of hydrogen-bond acceptors (Lipinski definition) is 5. The van der Waals surface area contributed by atoms with Crippen LogP contribution in [0.1, 0.15) is 21.6 Å². The van der Waals surface area contributed by atoms with E-state index in [1.54, 1.807) is 37.4 Å². The topological polar surface area (TPSA) is 86.4 Å². The SMILES string of the molecule is COc1cccc2c1c(C(=O)C(=O)Nc1cc(C)no1)cn2Cc1ccc(F)cc1. The molecule has 1 amide bonds. The van der Waals surface area contributed by atoms with Crippen molar-refractivity contribution in [1.29, 1.82) is 0 Å². The molecular formula is C22H18FN3O4. The van der Waals surface area contributed by atoms with Crippen LogP contribution < -0.4 is 10.1 Å². The summed E-state index contributed by atoms with van der Waals surface area (Å²) in [4.78, 5) is 25.5. The maximum absolute atomic E-state index is 13.2. The second kappa shape index (κ2) is 7.82. The number of aryl methyl sites for hydroxylation is 1. The molecule has 152 valence electrons. The standard InChI is InChI=1S/C22H18FN3O4/c1-13-10-19(30-25-13)24-22(28)21(27)16-12-26(11-14-6-8-15(23)9-7-14)17-4-3-5-18(29-2)20(16)17/h3-10,12H,11H2,1-2H3,(H,24,28). The molecule has 0 atom stereocenters. The van der Waals surface area contributed by atoms with E-state index in [1.807, 2.05) is 10.6 Å². The number of ketones is 1. The van der Waals surface area contributed by atoms with Crippen LogP contribution in [0, 0.1) is 12.7 Å². The molecule has 0 saturated heterocycles. The van der Waals surface area contributed by atoms with Crippen LogP contribution >= 0.6 is 0 Å². The number of carbonyl (C=O) groups excluding carboxylic acids is 2. The fraction of sp³-hybridized carbons (Fsp3) is 0.136. The number of methoxy groups -OCH3 is 1. The second-order valence-corrected chi connectivity index (χ2v) is 6.77. The van der Waals surface area contributed by atoms with Crippen molar-refractivity contribution in [1.82, 2.24) is 9.72 Å². The number of amides is 1. The van der Waals surface area contributed by atoms with Crippen LogP contribution in [0.15, 0.2) is 59.3 Å². The summed E-state index contributed by atoms with van der Waals surface area (Å²) in [5.74, 6) is -1.35. The van der Waals surface area contributed by atoms with Crippen molar-refractivity contribution in [3.05, 3.63) is 77.4 Å². The Labute approximate surface area is 171 Å². The average molecular weight is 407 g/mol. The number of Topliss-reactive ketones (excluding diaryl/α,β-unsaturated/α-hetero) is 1. The second-order valence-electron chi connectivity index (χ2n) is 6.77. The number of anilines is 1. The van der Waals surface area contributed by atoms with Gasteiger partial charge in [-0.15, -0.1) is 0 Å². The van der Waals surface area contributed by atoms with Crippen LogP contribution in [0.5, 0.6) is 5.75 Å². The number of carbonyl (C=O) groups is 2. The van der Waals surface area contributed by atoms with Crippen molar-refractivity contribution in [3.63, 3.8) is 0 Å². The predicted molar refractivity (Wildman–Crippen MR) is 108 cm³/mol. The van der Waals surface area contributed by atoms with Crippen LogP contribution in [-0.4, -0.2) is 28.5 Å². The number of rotatable bonds is 6. The predicted octanol–water partition coefficient (Wildman–Crippen LogP) is 3.96.